The monoisotopic (exact) mass is 326 g/mol. The molecule has 0 heterocycles. The van der Waals surface area contributed by atoms with Gasteiger partial charge in [-0.2, -0.15) is 0 Å². The predicted molar refractivity (Wildman–Crippen MR) is 97.3 cm³/mol. The third-order valence-corrected chi connectivity index (χ3v) is 7.93. The lowest BCUT2D eigenvalue weighted by molar-refractivity contribution is -0.0424. The molecule has 0 aliphatic heterocycles. The second kappa shape index (κ2) is 5.11. The molecule has 130 valence electrons. The van der Waals surface area contributed by atoms with Crippen molar-refractivity contribution in [2.75, 3.05) is 7.11 Å². The van der Waals surface area contributed by atoms with Crippen molar-refractivity contribution >= 4 is 0 Å². The van der Waals surface area contributed by atoms with Crippen LogP contribution >= 0.6 is 0 Å². The van der Waals surface area contributed by atoms with Crippen LogP contribution in [0, 0.1) is 22.7 Å². The molecule has 0 amide bonds. The standard InChI is InChI=1S/C22H30O2/c1-5-22(23)13-10-19-17-7-6-15-14-16(24-4)8-11-20(15,2)18(17)9-12-21(19,22)3/h5-6,9,14,17,19,23H,1,7-8,10-13H2,2-4H3/t17?,19?,20-,21-,22-/m0/s1. The van der Waals surface area contributed by atoms with Gasteiger partial charge in [0.2, 0.25) is 0 Å². The van der Waals surface area contributed by atoms with Crippen molar-refractivity contribution in [1.29, 1.82) is 0 Å². The highest BCUT2D eigenvalue weighted by molar-refractivity contribution is 5.45. The van der Waals surface area contributed by atoms with Gasteiger partial charge in [0.25, 0.3) is 0 Å². The van der Waals surface area contributed by atoms with Crippen molar-refractivity contribution in [3.8, 4) is 0 Å². The lowest BCUT2D eigenvalue weighted by Crippen LogP contribution is -2.49. The Bertz CT molecular complexity index is 669. The Morgan fingerprint density at radius 2 is 2.08 bits per heavy atom. The quantitative estimate of drug-likeness (QED) is 0.729. The SMILES string of the molecule is C=C[C@]1(O)CCC2C3CC=C4C=C(OC)CC[C@]4(C)C3=CC[C@@]21C. The molecular weight excluding hydrogens is 296 g/mol. The van der Waals surface area contributed by atoms with Crippen molar-refractivity contribution in [3.05, 3.63) is 47.8 Å². The van der Waals surface area contributed by atoms with Crippen molar-refractivity contribution in [3.63, 3.8) is 0 Å². The maximum atomic E-state index is 11.1. The van der Waals surface area contributed by atoms with Crippen LogP contribution in [-0.2, 0) is 4.74 Å². The molecule has 2 heteroatoms. The number of rotatable bonds is 2. The van der Waals surface area contributed by atoms with Gasteiger partial charge in [-0.3, -0.25) is 0 Å². The molecule has 4 aliphatic rings. The topological polar surface area (TPSA) is 29.5 Å². The summed E-state index contributed by atoms with van der Waals surface area (Å²) in [7, 11) is 1.78. The normalized spacial score (nSPS) is 46.8. The van der Waals surface area contributed by atoms with Gasteiger partial charge in [-0.25, -0.2) is 0 Å². The van der Waals surface area contributed by atoms with Gasteiger partial charge in [-0.15, -0.1) is 6.58 Å². The number of hydrogen-bond acceptors (Lipinski definition) is 2. The van der Waals surface area contributed by atoms with Gasteiger partial charge in [0.15, 0.2) is 0 Å². The maximum Gasteiger partial charge on any atom is 0.0958 e. The summed E-state index contributed by atoms with van der Waals surface area (Å²) in [6, 6.07) is 0. The van der Waals surface area contributed by atoms with Crippen LogP contribution in [0.2, 0.25) is 0 Å². The Labute approximate surface area is 146 Å². The second-order valence-electron chi connectivity index (χ2n) is 8.70. The van der Waals surface area contributed by atoms with Gasteiger partial charge < -0.3 is 9.84 Å². The van der Waals surface area contributed by atoms with E-state index in [1.54, 1.807) is 12.7 Å². The van der Waals surface area contributed by atoms with Gasteiger partial charge in [-0.05, 0) is 55.6 Å². The summed E-state index contributed by atoms with van der Waals surface area (Å²) in [4.78, 5) is 0. The highest BCUT2D eigenvalue weighted by Crippen LogP contribution is 2.65. The van der Waals surface area contributed by atoms with E-state index in [1.165, 1.54) is 5.57 Å². The van der Waals surface area contributed by atoms with E-state index in [0.717, 1.165) is 44.3 Å². The third kappa shape index (κ3) is 1.87. The van der Waals surface area contributed by atoms with Crippen LogP contribution in [0.1, 0.15) is 52.4 Å². The van der Waals surface area contributed by atoms with E-state index in [9.17, 15) is 5.11 Å². The van der Waals surface area contributed by atoms with Crippen LogP contribution in [0.4, 0.5) is 0 Å². The van der Waals surface area contributed by atoms with Crippen LogP contribution in [0.25, 0.3) is 0 Å². The molecule has 0 aromatic rings. The van der Waals surface area contributed by atoms with Gasteiger partial charge in [0.05, 0.1) is 18.5 Å². The Balaban J connectivity index is 1.75. The smallest absolute Gasteiger partial charge is 0.0958 e. The molecule has 4 aliphatic carbocycles. The van der Waals surface area contributed by atoms with Crippen LogP contribution in [0.5, 0.6) is 0 Å². The molecule has 24 heavy (non-hydrogen) atoms. The van der Waals surface area contributed by atoms with Gasteiger partial charge >= 0.3 is 0 Å². The van der Waals surface area contributed by atoms with E-state index in [0.29, 0.717) is 11.8 Å². The molecule has 1 N–H and O–H groups in total. The molecule has 0 radical (unpaired) electrons. The zero-order valence-corrected chi connectivity index (χ0v) is 15.3. The summed E-state index contributed by atoms with van der Waals surface area (Å²) < 4.78 is 5.51. The molecule has 5 atom stereocenters. The second-order valence-corrected chi connectivity index (χ2v) is 8.70. The number of methoxy groups -OCH3 is 1. The van der Waals surface area contributed by atoms with Crippen LogP contribution < -0.4 is 0 Å². The van der Waals surface area contributed by atoms with Gasteiger partial charge in [0, 0.05) is 17.3 Å². The van der Waals surface area contributed by atoms with Crippen molar-refractivity contribution in [2.45, 2.75) is 58.0 Å². The summed E-state index contributed by atoms with van der Waals surface area (Å²) in [6.45, 7) is 8.64. The first-order valence-electron chi connectivity index (χ1n) is 9.40. The number of ether oxygens (including phenoxy) is 1. The first kappa shape index (κ1) is 16.2. The number of aliphatic hydroxyl groups is 1. The zero-order valence-electron chi connectivity index (χ0n) is 15.3. The molecule has 2 nitrogen and oxygen atoms in total. The fraction of sp³-hybridized carbons (Fsp3) is 0.636. The Morgan fingerprint density at radius 3 is 2.79 bits per heavy atom. The van der Waals surface area contributed by atoms with Crippen LogP contribution in [-0.4, -0.2) is 17.8 Å². The molecular formula is C22H30O2. The largest absolute Gasteiger partial charge is 0.501 e. The van der Waals surface area contributed by atoms with Crippen LogP contribution in [0.3, 0.4) is 0 Å². The molecule has 0 aromatic heterocycles. The molecule has 1 fully saturated rings. The molecule has 2 unspecified atom stereocenters. The minimum atomic E-state index is -0.708. The number of hydrogen-bond donors (Lipinski definition) is 1. The number of fused-ring (bicyclic) bond motifs is 5. The van der Waals surface area contributed by atoms with Crippen molar-refractivity contribution in [2.24, 2.45) is 22.7 Å². The summed E-state index contributed by atoms with van der Waals surface area (Å²) >= 11 is 0. The summed E-state index contributed by atoms with van der Waals surface area (Å²) in [5, 5.41) is 11.1. The van der Waals surface area contributed by atoms with Gasteiger partial charge in [-0.1, -0.05) is 37.6 Å². The predicted octanol–water partition coefficient (Wildman–Crippen LogP) is 4.93. The average Bonchev–Trinajstić information content (AvgIpc) is 2.86. The zero-order chi connectivity index (χ0) is 17.2. The molecule has 0 aromatic carbocycles. The lowest BCUT2D eigenvalue weighted by Gasteiger charge is -2.53. The Hall–Kier alpha value is -1.28. The van der Waals surface area contributed by atoms with E-state index in [-0.39, 0.29) is 10.8 Å². The molecule has 1 saturated carbocycles. The minimum Gasteiger partial charge on any atom is -0.501 e. The molecule has 0 saturated heterocycles. The molecule has 0 spiro atoms. The summed E-state index contributed by atoms with van der Waals surface area (Å²) in [6.07, 6.45) is 15.2. The summed E-state index contributed by atoms with van der Waals surface area (Å²) in [5.74, 6) is 2.24. The first-order valence-corrected chi connectivity index (χ1v) is 9.40. The maximum absolute atomic E-state index is 11.1. The van der Waals surface area contributed by atoms with Crippen LogP contribution in [0.15, 0.2) is 47.8 Å². The fourth-order valence-electron chi connectivity index (χ4n) is 6.16. The van der Waals surface area contributed by atoms with E-state index >= 15 is 0 Å². The first-order chi connectivity index (χ1) is 11.4. The Morgan fingerprint density at radius 1 is 1.29 bits per heavy atom. The van der Waals surface area contributed by atoms with E-state index in [4.69, 9.17) is 4.74 Å². The third-order valence-electron chi connectivity index (χ3n) is 7.93. The number of allylic oxidation sites excluding steroid dienone is 6. The highest BCUT2D eigenvalue weighted by atomic mass is 16.5. The molecule has 4 rings (SSSR count). The Kier molecular flexibility index (Phi) is 3.45. The average molecular weight is 326 g/mol. The van der Waals surface area contributed by atoms with Gasteiger partial charge in [0.1, 0.15) is 0 Å². The minimum absolute atomic E-state index is 0.0627. The molecule has 0 bridgehead atoms. The van der Waals surface area contributed by atoms with Crippen molar-refractivity contribution in [1.82, 2.24) is 0 Å². The van der Waals surface area contributed by atoms with E-state index in [1.807, 2.05) is 6.08 Å². The fourth-order valence-corrected chi connectivity index (χ4v) is 6.16. The lowest BCUT2D eigenvalue weighted by atomic mass is 9.52. The highest BCUT2D eigenvalue weighted by Gasteiger charge is 2.60. The van der Waals surface area contributed by atoms with E-state index in [2.05, 4.69) is 38.7 Å². The van der Waals surface area contributed by atoms with Crippen molar-refractivity contribution < 1.29 is 9.84 Å². The van der Waals surface area contributed by atoms with E-state index < -0.39 is 5.60 Å². The summed E-state index contributed by atoms with van der Waals surface area (Å²) in [5.41, 5.74) is 2.45.